The first kappa shape index (κ1) is 10.4. The van der Waals surface area contributed by atoms with Gasteiger partial charge in [0, 0.05) is 6.04 Å². The van der Waals surface area contributed by atoms with Crippen LogP contribution < -0.4 is 5.32 Å². The van der Waals surface area contributed by atoms with E-state index in [0.29, 0.717) is 6.04 Å². The van der Waals surface area contributed by atoms with Crippen LogP contribution in [0.4, 0.5) is 0 Å². The van der Waals surface area contributed by atoms with Crippen molar-refractivity contribution in [3.63, 3.8) is 0 Å². The molecule has 1 heterocycles. The predicted molar refractivity (Wildman–Crippen MR) is 58.3 cm³/mol. The molecule has 1 unspecified atom stereocenters. The van der Waals surface area contributed by atoms with Gasteiger partial charge in [-0.05, 0) is 45.1 Å². The van der Waals surface area contributed by atoms with Gasteiger partial charge >= 0.3 is 0 Å². The quantitative estimate of drug-likeness (QED) is 0.727. The Kier molecular flexibility index (Phi) is 3.45. The molecule has 14 heavy (non-hydrogen) atoms. The van der Waals surface area contributed by atoms with Crippen molar-refractivity contribution in [3.05, 3.63) is 0 Å². The fourth-order valence-corrected chi connectivity index (χ4v) is 2.91. The zero-order valence-corrected chi connectivity index (χ0v) is 9.10. The van der Waals surface area contributed by atoms with Gasteiger partial charge in [-0.1, -0.05) is 19.3 Å². The second kappa shape index (κ2) is 4.63. The third-order valence-electron chi connectivity index (χ3n) is 3.90. The first-order valence-corrected chi connectivity index (χ1v) is 6.24. The molecule has 0 aromatic rings. The minimum absolute atomic E-state index is 0.303. The fraction of sp³-hybridized carbons (Fsp3) is 1.00. The monoisotopic (exact) mass is 197 g/mol. The van der Waals surface area contributed by atoms with Crippen LogP contribution in [-0.2, 0) is 0 Å². The summed E-state index contributed by atoms with van der Waals surface area (Å²) in [7, 11) is 0. The highest BCUT2D eigenvalue weighted by atomic mass is 16.3. The predicted octanol–water partition coefficient (Wildman–Crippen LogP) is 2.21. The van der Waals surface area contributed by atoms with Crippen molar-refractivity contribution in [2.75, 3.05) is 6.54 Å². The molecule has 2 fully saturated rings. The van der Waals surface area contributed by atoms with E-state index in [1.54, 1.807) is 0 Å². The molecule has 2 rings (SSSR count). The van der Waals surface area contributed by atoms with Crippen LogP contribution in [0.1, 0.15) is 57.8 Å². The molecule has 0 aromatic heterocycles. The molecule has 0 aromatic carbocycles. The average molecular weight is 197 g/mol. The van der Waals surface area contributed by atoms with Gasteiger partial charge in [0.05, 0.1) is 5.60 Å². The summed E-state index contributed by atoms with van der Waals surface area (Å²) in [6.45, 7) is 1.18. The highest BCUT2D eigenvalue weighted by Gasteiger charge is 2.29. The van der Waals surface area contributed by atoms with Crippen molar-refractivity contribution in [1.82, 2.24) is 5.32 Å². The lowest BCUT2D eigenvalue weighted by Crippen LogP contribution is -2.33. The Morgan fingerprint density at radius 1 is 1.14 bits per heavy atom. The molecule has 1 atom stereocenters. The molecule has 2 N–H and O–H groups in total. The Hall–Kier alpha value is -0.0800. The van der Waals surface area contributed by atoms with Crippen molar-refractivity contribution in [2.45, 2.75) is 69.4 Å². The number of nitrogens with one attached hydrogen (secondary N) is 1. The van der Waals surface area contributed by atoms with Gasteiger partial charge in [0.25, 0.3) is 0 Å². The summed E-state index contributed by atoms with van der Waals surface area (Å²) in [6.07, 6.45) is 10.7. The molecule has 2 aliphatic rings. The summed E-state index contributed by atoms with van der Waals surface area (Å²) in [5, 5.41) is 13.8. The molecule has 0 spiro atoms. The van der Waals surface area contributed by atoms with Gasteiger partial charge in [0.15, 0.2) is 0 Å². The maximum atomic E-state index is 10.3. The van der Waals surface area contributed by atoms with Crippen molar-refractivity contribution in [2.24, 2.45) is 0 Å². The number of aliphatic hydroxyl groups is 1. The topological polar surface area (TPSA) is 32.3 Å². The average Bonchev–Trinajstić information content (AvgIpc) is 2.69. The van der Waals surface area contributed by atoms with E-state index >= 15 is 0 Å². The van der Waals surface area contributed by atoms with Gasteiger partial charge in [0.1, 0.15) is 0 Å². The third kappa shape index (κ3) is 2.71. The number of rotatable bonds is 3. The van der Waals surface area contributed by atoms with Crippen LogP contribution in [0.5, 0.6) is 0 Å². The SMILES string of the molecule is OC1(CCC2CCCN2)CCCCC1. The highest BCUT2D eigenvalue weighted by Crippen LogP contribution is 2.32. The zero-order valence-electron chi connectivity index (χ0n) is 9.10. The second-order valence-electron chi connectivity index (χ2n) is 5.12. The van der Waals surface area contributed by atoms with E-state index in [9.17, 15) is 5.11 Å². The van der Waals surface area contributed by atoms with Crippen LogP contribution in [0.3, 0.4) is 0 Å². The molecule has 82 valence electrons. The van der Waals surface area contributed by atoms with E-state index in [0.717, 1.165) is 19.3 Å². The van der Waals surface area contributed by atoms with E-state index in [1.807, 2.05) is 0 Å². The molecular weight excluding hydrogens is 174 g/mol. The molecule has 2 heteroatoms. The Bertz CT molecular complexity index is 169. The Morgan fingerprint density at radius 2 is 1.93 bits per heavy atom. The Labute approximate surface area is 87.1 Å². The van der Waals surface area contributed by atoms with Crippen LogP contribution in [0.15, 0.2) is 0 Å². The Morgan fingerprint density at radius 3 is 2.57 bits per heavy atom. The van der Waals surface area contributed by atoms with Crippen molar-refractivity contribution < 1.29 is 5.11 Å². The number of hydrogen-bond donors (Lipinski definition) is 2. The van der Waals surface area contributed by atoms with E-state index < -0.39 is 0 Å². The molecule has 2 nitrogen and oxygen atoms in total. The molecule has 0 bridgehead atoms. The molecule has 1 saturated heterocycles. The van der Waals surface area contributed by atoms with Gasteiger partial charge in [-0.25, -0.2) is 0 Å². The van der Waals surface area contributed by atoms with Crippen molar-refractivity contribution in [1.29, 1.82) is 0 Å². The van der Waals surface area contributed by atoms with E-state index in [-0.39, 0.29) is 5.60 Å². The van der Waals surface area contributed by atoms with Gasteiger partial charge in [0.2, 0.25) is 0 Å². The summed E-state index contributed by atoms with van der Waals surface area (Å²) in [4.78, 5) is 0. The summed E-state index contributed by atoms with van der Waals surface area (Å²) in [5.41, 5.74) is -0.303. The normalized spacial score (nSPS) is 31.9. The number of hydrogen-bond acceptors (Lipinski definition) is 2. The maximum absolute atomic E-state index is 10.3. The van der Waals surface area contributed by atoms with Crippen LogP contribution in [0.25, 0.3) is 0 Å². The maximum Gasteiger partial charge on any atom is 0.0648 e. The molecule has 1 aliphatic heterocycles. The third-order valence-corrected chi connectivity index (χ3v) is 3.90. The Balaban J connectivity index is 1.72. The molecular formula is C12H23NO. The van der Waals surface area contributed by atoms with E-state index in [1.165, 1.54) is 45.1 Å². The minimum atomic E-state index is -0.303. The van der Waals surface area contributed by atoms with Gasteiger partial charge < -0.3 is 10.4 Å². The van der Waals surface area contributed by atoms with Gasteiger partial charge in [-0.3, -0.25) is 0 Å². The summed E-state index contributed by atoms with van der Waals surface area (Å²) in [6, 6.07) is 0.695. The van der Waals surface area contributed by atoms with Crippen LogP contribution in [-0.4, -0.2) is 23.3 Å². The van der Waals surface area contributed by atoms with E-state index in [4.69, 9.17) is 0 Å². The zero-order chi connectivity index (χ0) is 9.86. The fourth-order valence-electron chi connectivity index (χ4n) is 2.91. The van der Waals surface area contributed by atoms with Gasteiger partial charge in [-0.15, -0.1) is 0 Å². The smallest absolute Gasteiger partial charge is 0.0648 e. The van der Waals surface area contributed by atoms with Crippen LogP contribution in [0.2, 0.25) is 0 Å². The minimum Gasteiger partial charge on any atom is -0.390 e. The van der Waals surface area contributed by atoms with E-state index in [2.05, 4.69) is 5.32 Å². The highest BCUT2D eigenvalue weighted by molar-refractivity contribution is 4.85. The van der Waals surface area contributed by atoms with Crippen molar-refractivity contribution in [3.8, 4) is 0 Å². The molecule has 0 amide bonds. The summed E-state index contributed by atoms with van der Waals surface area (Å²) < 4.78 is 0. The van der Waals surface area contributed by atoms with Crippen LogP contribution in [0, 0.1) is 0 Å². The summed E-state index contributed by atoms with van der Waals surface area (Å²) in [5.74, 6) is 0. The molecule has 1 aliphatic carbocycles. The summed E-state index contributed by atoms with van der Waals surface area (Å²) >= 11 is 0. The largest absolute Gasteiger partial charge is 0.390 e. The van der Waals surface area contributed by atoms with Crippen molar-refractivity contribution >= 4 is 0 Å². The lowest BCUT2D eigenvalue weighted by atomic mass is 9.81. The molecule has 0 radical (unpaired) electrons. The van der Waals surface area contributed by atoms with Crippen LogP contribution >= 0.6 is 0 Å². The second-order valence-corrected chi connectivity index (χ2v) is 5.12. The first-order chi connectivity index (χ1) is 6.79. The lowest BCUT2D eigenvalue weighted by Gasteiger charge is -2.32. The molecule has 1 saturated carbocycles. The standard InChI is InChI=1S/C12H23NO/c14-12(7-2-1-3-8-12)9-6-11-5-4-10-13-11/h11,13-14H,1-10H2. The first-order valence-electron chi connectivity index (χ1n) is 6.24. The lowest BCUT2D eigenvalue weighted by molar-refractivity contribution is -0.00714. The van der Waals surface area contributed by atoms with Gasteiger partial charge in [-0.2, -0.15) is 0 Å².